The molecule has 4 nitrogen and oxygen atoms in total. The molecule has 1 aliphatic heterocycles. The van der Waals surface area contributed by atoms with Crippen LogP contribution in [0.1, 0.15) is 56.9 Å². The van der Waals surface area contributed by atoms with Crippen molar-refractivity contribution in [2.75, 3.05) is 6.61 Å². The lowest BCUT2D eigenvalue weighted by atomic mass is 9.78. The number of benzene rings is 1. The predicted molar refractivity (Wildman–Crippen MR) is 90.8 cm³/mol. The molecule has 1 heterocycles. The molecule has 1 aromatic carbocycles. The van der Waals surface area contributed by atoms with Crippen molar-refractivity contribution in [2.24, 2.45) is 5.41 Å². The van der Waals surface area contributed by atoms with Gasteiger partial charge in [0.1, 0.15) is 5.78 Å². The number of ketones is 1. The van der Waals surface area contributed by atoms with Crippen LogP contribution in [0.15, 0.2) is 24.3 Å². The smallest absolute Gasteiger partial charge is 0.185 e. The third kappa shape index (κ3) is 4.03. The summed E-state index contributed by atoms with van der Waals surface area (Å²) >= 11 is 0. The van der Waals surface area contributed by atoms with E-state index in [9.17, 15) is 10.1 Å². The minimum absolute atomic E-state index is 0.150. The van der Waals surface area contributed by atoms with E-state index in [4.69, 9.17) is 15.9 Å². The first-order chi connectivity index (χ1) is 11.5. The van der Waals surface area contributed by atoms with Gasteiger partial charge in [-0.15, -0.1) is 12.3 Å². The lowest BCUT2D eigenvalue weighted by Crippen LogP contribution is -2.43. The van der Waals surface area contributed by atoms with Gasteiger partial charge in [0.2, 0.25) is 0 Å². The van der Waals surface area contributed by atoms with Gasteiger partial charge < -0.3 is 9.47 Å². The highest BCUT2D eigenvalue weighted by Crippen LogP contribution is 2.37. The average molecular weight is 325 g/mol. The Morgan fingerprint density at radius 1 is 1.42 bits per heavy atom. The highest BCUT2D eigenvalue weighted by atomic mass is 16.7. The Hall–Kier alpha value is -2.14. The summed E-state index contributed by atoms with van der Waals surface area (Å²) in [6.07, 6.45) is 6.80. The number of Topliss-reactive ketones (excluding diaryl/α,β-unsaturated/α-hetero) is 1. The molecule has 0 spiro atoms. The normalized spacial score (nSPS) is 20.8. The monoisotopic (exact) mass is 325 g/mol. The number of ether oxygens (including phenoxy) is 2. The number of terminal acetylenes is 1. The molecule has 24 heavy (non-hydrogen) atoms. The van der Waals surface area contributed by atoms with Gasteiger partial charge in [-0.2, -0.15) is 5.26 Å². The molecule has 1 aliphatic rings. The van der Waals surface area contributed by atoms with Crippen LogP contribution in [0.3, 0.4) is 0 Å². The Kier molecular flexibility index (Phi) is 6.15. The van der Waals surface area contributed by atoms with Crippen LogP contribution >= 0.6 is 0 Å². The molecule has 0 saturated carbocycles. The molecule has 0 unspecified atom stereocenters. The second-order valence-corrected chi connectivity index (χ2v) is 6.52. The first-order valence-electron chi connectivity index (χ1n) is 8.23. The molecule has 1 aromatic rings. The van der Waals surface area contributed by atoms with Gasteiger partial charge in [-0.05, 0) is 18.9 Å². The van der Waals surface area contributed by atoms with Crippen LogP contribution in [-0.2, 0) is 14.3 Å². The first kappa shape index (κ1) is 18.2. The molecule has 0 aromatic heterocycles. The quantitative estimate of drug-likeness (QED) is 0.590. The van der Waals surface area contributed by atoms with Crippen LogP contribution in [0, 0.1) is 29.1 Å². The Bertz CT molecular complexity index is 666. The summed E-state index contributed by atoms with van der Waals surface area (Å²) in [4.78, 5) is 12.6. The summed E-state index contributed by atoms with van der Waals surface area (Å²) in [7, 11) is 0. The molecular weight excluding hydrogens is 302 g/mol. The van der Waals surface area contributed by atoms with Crippen LogP contribution in [0.2, 0.25) is 0 Å². The molecular formula is C20H23NO3. The zero-order chi connectivity index (χ0) is 17.6. The fourth-order valence-electron chi connectivity index (χ4n) is 2.89. The van der Waals surface area contributed by atoms with E-state index in [1.807, 2.05) is 26.0 Å². The summed E-state index contributed by atoms with van der Waals surface area (Å²) in [6, 6.07) is 9.38. The summed E-state index contributed by atoms with van der Waals surface area (Å²) in [6.45, 7) is 4.32. The lowest BCUT2D eigenvalue weighted by molar-refractivity contribution is -0.238. The van der Waals surface area contributed by atoms with Gasteiger partial charge in [0.15, 0.2) is 6.29 Å². The minimum Gasteiger partial charge on any atom is -0.348 e. The predicted octanol–water partition coefficient (Wildman–Crippen LogP) is 3.76. The molecule has 0 radical (unpaired) electrons. The molecule has 4 heteroatoms. The van der Waals surface area contributed by atoms with E-state index in [0.29, 0.717) is 43.4 Å². The third-order valence-corrected chi connectivity index (χ3v) is 4.52. The van der Waals surface area contributed by atoms with Crippen molar-refractivity contribution >= 4 is 5.78 Å². The van der Waals surface area contributed by atoms with Crippen molar-refractivity contribution in [1.29, 1.82) is 5.26 Å². The fraction of sp³-hybridized carbons (Fsp3) is 0.500. The zero-order valence-corrected chi connectivity index (χ0v) is 14.2. The Morgan fingerprint density at radius 3 is 2.88 bits per heavy atom. The summed E-state index contributed by atoms with van der Waals surface area (Å²) in [5.74, 6) is 2.71. The lowest BCUT2D eigenvalue weighted by Gasteiger charge is -2.39. The van der Waals surface area contributed by atoms with Gasteiger partial charge in [-0.1, -0.05) is 32.0 Å². The summed E-state index contributed by atoms with van der Waals surface area (Å²) < 4.78 is 11.8. The minimum atomic E-state index is -0.614. The van der Waals surface area contributed by atoms with Gasteiger partial charge in [-0.25, -0.2) is 0 Å². The number of nitriles is 1. The van der Waals surface area contributed by atoms with Crippen molar-refractivity contribution in [1.82, 2.24) is 0 Å². The highest BCUT2D eigenvalue weighted by molar-refractivity contribution is 5.84. The molecule has 126 valence electrons. The molecule has 0 bridgehead atoms. The van der Waals surface area contributed by atoms with Crippen molar-refractivity contribution in [2.45, 2.75) is 51.9 Å². The maximum Gasteiger partial charge on any atom is 0.185 e. The van der Waals surface area contributed by atoms with Gasteiger partial charge in [0.05, 0.1) is 24.3 Å². The van der Waals surface area contributed by atoms with E-state index in [1.54, 1.807) is 12.1 Å². The maximum absolute atomic E-state index is 12.6. The number of nitrogens with zero attached hydrogens (tertiary/aromatic N) is 1. The van der Waals surface area contributed by atoms with Gasteiger partial charge in [-0.3, -0.25) is 4.79 Å². The van der Waals surface area contributed by atoms with Crippen molar-refractivity contribution in [3.05, 3.63) is 35.4 Å². The molecule has 2 atom stereocenters. The van der Waals surface area contributed by atoms with Crippen LogP contribution in [0.4, 0.5) is 0 Å². The Labute approximate surface area is 143 Å². The van der Waals surface area contributed by atoms with Crippen LogP contribution in [-0.4, -0.2) is 18.5 Å². The van der Waals surface area contributed by atoms with Gasteiger partial charge >= 0.3 is 0 Å². The third-order valence-electron chi connectivity index (χ3n) is 4.52. The number of unbranched alkanes of at least 4 members (excludes halogenated alkanes) is 1. The van der Waals surface area contributed by atoms with E-state index < -0.39 is 11.7 Å². The number of hydrogen-bond donors (Lipinski definition) is 0. The second-order valence-electron chi connectivity index (χ2n) is 6.52. The number of carbonyl (C=O) groups is 1. The molecule has 1 saturated heterocycles. The molecule has 2 rings (SSSR count). The highest BCUT2D eigenvalue weighted by Gasteiger charge is 2.40. The summed E-state index contributed by atoms with van der Waals surface area (Å²) in [5.41, 5.74) is 0.625. The van der Waals surface area contributed by atoms with Gasteiger partial charge in [0.25, 0.3) is 0 Å². The maximum atomic E-state index is 12.6. The van der Waals surface area contributed by atoms with Crippen molar-refractivity contribution in [3.63, 3.8) is 0 Å². The zero-order valence-electron chi connectivity index (χ0n) is 14.2. The Balaban J connectivity index is 2.11. The molecule has 0 amide bonds. The summed E-state index contributed by atoms with van der Waals surface area (Å²) in [5, 5.41) is 9.25. The number of carbonyl (C=O) groups excluding carboxylic acids is 1. The average Bonchev–Trinajstić information content (AvgIpc) is 2.61. The van der Waals surface area contributed by atoms with E-state index >= 15 is 0 Å². The van der Waals surface area contributed by atoms with Crippen LogP contribution in [0.5, 0.6) is 0 Å². The number of hydrogen-bond acceptors (Lipinski definition) is 4. The first-order valence-corrected chi connectivity index (χ1v) is 8.23. The van der Waals surface area contributed by atoms with E-state index in [0.717, 1.165) is 0 Å². The van der Waals surface area contributed by atoms with E-state index in [-0.39, 0.29) is 11.9 Å². The van der Waals surface area contributed by atoms with Crippen molar-refractivity contribution in [3.8, 4) is 18.4 Å². The van der Waals surface area contributed by atoms with Crippen molar-refractivity contribution < 1.29 is 14.3 Å². The second kappa shape index (κ2) is 8.11. The van der Waals surface area contributed by atoms with Gasteiger partial charge in [0, 0.05) is 23.8 Å². The van der Waals surface area contributed by atoms with Crippen LogP contribution in [0.25, 0.3) is 0 Å². The fourth-order valence-corrected chi connectivity index (χ4v) is 2.89. The SMILES string of the molecule is C#CCCCC(=O)C(C)(C)[C@@H]1CCO[C@H](c2ccccc2C#N)O1. The number of rotatable bonds is 6. The molecule has 0 aliphatic carbocycles. The Morgan fingerprint density at radius 2 is 2.17 bits per heavy atom. The molecule has 1 fully saturated rings. The topological polar surface area (TPSA) is 59.3 Å². The largest absolute Gasteiger partial charge is 0.348 e. The van der Waals surface area contributed by atoms with E-state index in [2.05, 4.69) is 12.0 Å². The van der Waals surface area contributed by atoms with Crippen LogP contribution < -0.4 is 0 Å². The standard InChI is InChI=1S/C20H23NO3/c1-4-5-6-11-17(22)20(2,3)18-12-13-23-19(24-18)16-10-8-7-9-15(16)14-21/h1,7-10,18-19H,5-6,11-13H2,2-3H3/t18-,19-/m0/s1. The van der Waals surface area contributed by atoms with E-state index in [1.165, 1.54) is 0 Å². The molecule has 0 N–H and O–H groups in total.